The van der Waals surface area contributed by atoms with Gasteiger partial charge in [-0.1, -0.05) is 19.1 Å². The fourth-order valence-electron chi connectivity index (χ4n) is 2.20. The number of carboxylic acid groups (broad SMARTS) is 1. The van der Waals surface area contributed by atoms with Crippen LogP contribution in [0.4, 0.5) is 0 Å². The van der Waals surface area contributed by atoms with Crippen molar-refractivity contribution in [2.24, 2.45) is 0 Å². The van der Waals surface area contributed by atoms with Gasteiger partial charge in [-0.05, 0) is 37.5 Å². The van der Waals surface area contributed by atoms with Crippen LogP contribution < -0.4 is 9.47 Å². The maximum absolute atomic E-state index is 12.3. The van der Waals surface area contributed by atoms with E-state index < -0.39 is 5.97 Å². The molecule has 0 fully saturated rings. The number of carboxylic acids is 1. The minimum atomic E-state index is -1.05. The summed E-state index contributed by atoms with van der Waals surface area (Å²) in [7, 11) is 1.53. The zero-order valence-electron chi connectivity index (χ0n) is 14.4. The molecule has 0 saturated carbocycles. The third-order valence-electron chi connectivity index (χ3n) is 3.71. The van der Waals surface area contributed by atoms with Crippen LogP contribution in [0.5, 0.6) is 11.5 Å². The smallest absolute Gasteiger partial charge is 0.323 e. The summed E-state index contributed by atoms with van der Waals surface area (Å²) in [6, 6.07) is 5.25. The highest BCUT2D eigenvalue weighted by Crippen LogP contribution is 2.28. The van der Waals surface area contributed by atoms with Gasteiger partial charge in [0.25, 0.3) is 5.91 Å². The molecule has 6 heteroatoms. The molecule has 6 nitrogen and oxygen atoms in total. The van der Waals surface area contributed by atoms with Crippen molar-refractivity contribution in [2.75, 3.05) is 20.3 Å². The molecule has 24 heavy (non-hydrogen) atoms. The first-order valence-corrected chi connectivity index (χ1v) is 7.84. The van der Waals surface area contributed by atoms with Crippen molar-refractivity contribution in [3.05, 3.63) is 36.4 Å². The largest absolute Gasteiger partial charge is 0.493 e. The average molecular weight is 335 g/mol. The first-order valence-electron chi connectivity index (χ1n) is 7.84. The summed E-state index contributed by atoms with van der Waals surface area (Å²) in [6.45, 7) is 6.82. The maximum atomic E-state index is 12.3. The Morgan fingerprint density at radius 2 is 2.08 bits per heavy atom. The van der Waals surface area contributed by atoms with E-state index in [1.54, 1.807) is 12.1 Å². The number of aliphatic carboxylic acids is 1. The molecule has 0 bridgehead atoms. The van der Waals surface area contributed by atoms with Gasteiger partial charge in [-0.25, -0.2) is 0 Å². The summed E-state index contributed by atoms with van der Waals surface area (Å²) >= 11 is 0. The number of hydrogen-bond acceptors (Lipinski definition) is 4. The quantitative estimate of drug-likeness (QED) is 0.665. The SMILES string of the molecule is C=CCc1ccc(OCC(=O)N(CC(=O)O)C(C)CC)c(OC)c1. The Hall–Kier alpha value is -2.50. The molecule has 0 aliphatic carbocycles. The van der Waals surface area contributed by atoms with E-state index in [1.165, 1.54) is 12.0 Å². The van der Waals surface area contributed by atoms with Crippen molar-refractivity contribution in [1.82, 2.24) is 4.90 Å². The second-order valence-corrected chi connectivity index (χ2v) is 5.44. The van der Waals surface area contributed by atoms with Crippen LogP contribution in [0.15, 0.2) is 30.9 Å². The van der Waals surface area contributed by atoms with Crippen molar-refractivity contribution in [3.63, 3.8) is 0 Å². The third-order valence-corrected chi connectivity index (χ3v) is 3.71. The predicted molar refractivity (Wildman–Crippen MR) is 91.5 cm³/mol. The van der Waals surface area contributed by atoms with Crippen molar-refractivity contribution in [1.29, 1.82) is 0 Å². The Morgan fingerprint density at radius 1 is 1.38 bits per heavy atom. The van der Waals surface area contributed by atoms with E-state index in [-0.39, 0.29) is 25.1 Å². The second-order valence-electron chi connectivity index (χ2n) is 5.44. The molecule has 0 aliphatic heterocycles. The number of nitrogens with zero attached hydrogens (tertiary/aromatic N) is 1. The lowest BCUT2D eigenvalue weighted by molar-refractivity contribution is -0.147. The lowest BCUT2D eigenvalue weighted by Gasteiger charge is -2.27. The van der Waals surface area contributed by atoms with Crippen molar-refractivity contribution in [3.8, 4) is 11.5 Å². The molecule has 1 N–H and O–H groups in total. The van der Waals surface area contributed by atoms with Gasteiger partial charge in [0.2, 0.25) is 0 Å². The van der Waals surface area contributed by atoms with Gasteiger partial charge in [-0.15, -0.1) is 6.58 Å². The number of carbonyl (C=O) groups excluding carboxylic acids is 1. The zero-order chi connectivity index (χ0) is 18.1. The molecule has 1 unspecified atom stereocenters. The molecule has 0 aromatic heterocycles. The number of hydrogen-bond donors (Lipinski definition) is 1. The summed E-state index contributed by atoms with van der Waals surface area (Å²) in [5.41, 5.74) is 1.02. The molecular formula is C18H25NO5. The summed E-state index contributed by atoms with van der Waals surface area (Å²) in [4.78, 5) is 24.6. The minimum Gasteiger partial charge on any atom is -0.493 e. The standard InChI is InChI=1S/C18H25NO5/c1-5-7-14-8-9-15(16(10-14)23-4)24-12-17(20)19(11-18(21)22)13(3)6-2/h5,8-10,13H,1,6-7,11-12H2,2-4H3,(H,21,22). The molecule has 1 aromatic rings. The molecule has 0 aliphatic rings. The van der Waals surface area contributed by atoms with Crippen molar-refractivity contribution >= 4 is 11.9 Å². The molecule has 0 saturated heterocycles. The monoisotopic (exact) mass is 335 g/mol. The molecule has 0 spiro atoms. The van der Waals surface area contributed by atoms with Crippen LogP contribution in [0.25, 0.3) is 0 Å². The van der Waals surface area contributed by atoms with Crippen LogP contribution in [0.1, 0.15) is 25.8 Å². The van der Waals surface area contributed by atoms with E-state index in [1.807, 2.05) is 26.0 Å². The molecule has 132 valence electrons. The fraction of sp³-hybridized carbons (Fsp3) is 0.444. The molecule has 0 radical (unpaired) electrons. The average Bonchev–Trinajstić information content (AvgIpc) is 2.57. The number of ether oxygens (including phenoxy) is 2. The second kappa shape index (κ2) is 9.60. The van der Waals surface area contributed by atoms with Crippen LogP contribution in [0.3, 0.4) is 0 Å². The maximum Gasteiger partial charge on any atom is 0.323 e. The van der Waals surface area contributed by atoms with Crippen LogP contribution >= 0.6 is 0 Å². The van der Waals surface area contributed by atoms with Crippen molar-refractivity contribution in [2.45, 2.75) is 32.7 Å². The number of methoxy groups -OCH3 is 1. The highest BCUT2D eigenvalue weighted by atomic mass is 16.5. The highest BCUT2D eigenvalue weighted by molar-refractivity contribution is 5.82. The van der Waals surface area contributed by atoms with E-state index in [9.17, 15) is 9.59 Å². The molecule has 1 amide bonds. The summed E-state index contributed by atoms with van der Waals surface area (Å²) in [6.07, 6.45) is 3.16. The van der Waals surface area contributed by atoms with E-state index in [2.05, 4.69) is 6.58 Å². The van der Waals surface area contributed by atoms with Gasteiger partial charge in [0.05, 0.1) is 7.11 Å². The minimum absolute atomic E-state index is 0.172. The number of carbonyl (C=O) groups is 2. The number of amides is 1. The number of allylic oxidation sites excluding steroid dienone is 1. The van der Waals surface area contributed by atoms with Gasteiger partial charge in [0.1, 0.15) is 6.54 Å². The van der Waals surface area contributed by atoms with Crippen LogP contribution in [0.2, 0.25) is 0 Å². The summed E-state index contributed by atoms with van der Waals surface area (Å²) in [5, 5.41) is 8.96. The van der Waals surface area contributed by atoms with E-state index >= 15 is 0 Å². The van der Waals surface area contributed by atoms with Gasteiger partial charge >= 0.3 is 5.97 Å². The van der Waals surface area contributed by atoms with Crippen LogP contribution in [0, 0.1) is 0 Å². The fourth-order valence-corrected chi connectivity index (χ4v) is 2.20. The number of rotatable bonds is 10. The Kier molecular flexibility index (Phi) is 7.82. The zero-order valence-corrected chi connectivity index (χ0v) is 14.4. The molecule has 1 rings (SSSR count). The predicted octanol–water partition coefficient (Wildman–Crippen LogP) is 2.51. The van der Waals surface area contributed by atoms with Gasteiger partial charge in [-0.3, -0.25) is 9.59 Å². The van der Waals surface area contributed by atoms with Gasteiger partial charge in [0, 0.05) is 6.04 Å². The summed E-state index contributed by atoms with van der Waals surface area (Å²) < 4.78 is 10.8. The highest BCUT2D eigenvalue weighted by Gasteiger charge is 2.22. The van der Waals surface area contributed by atoms with Gasteiger partial charge < -0.3 is 19.5 Å². The lowest BCUT2D eigenvalue weighted by atomic mass is 10.1. The Labute approximate surface area is 142 Å². The molecule has 1 atom stereocenters. The lowest BCUT2D eigenvalue weighted by Crippen LogP contribution is -2.44. The Balaban J connectivity index is 2.80. The van der Waals surface area contributed by atoms with Gasteiger partial charge in [0.15, 0.2) is 18.1 Å². The van der Waals surface area contributed by atoms with Crippen molar-refractivity contribution < 1.29 is 24.2 Å². The summed E-state index contributed by atoms with van der Waals surface area (Å²) in [5.74, 6) is -0.451. The van der Waals surface area contributed by atoms with Crippen LogP contribution in [-0.4, -0.2) is 48.2 Å². The van der Waals surface area contributed by atoms with E-state index in [0.29, 0.717) is 24.3 Å². The normalized spacial score (nSPS) is 11.5. The van der Waals surface area contributed by atoms with E-state index in [0.717, 1.165) is 5.56 Å². The molecular weight excluding hydrogens is 310 g/mol. The van der Waals surface area contributed by atoms with Crippen LogP contribution in [-0.2, 0) is 16.0 Å². The number of benzene rings is 1. The Bertz CT molecular complexity index is 585. The first-order chi connectivity index (χ1) is 11.4. The first kappa shape index (κ1) is 19.5. The van der Waals surface area contributed by atoms with Gasteiger partial charge in [-0.2, -0.15) is 0 Å². The Morgan fingerprint density at radius 3 is 2.62 bits per heavy atom. The topological polar surface area (TPSA) is 76.1 Å². The van der Waals surface area contributed by atoms with E-state index in [4.69, 9.17) is 14.6 Å². The molecule has 0 heterocycles. The third kappa shape index (κ3) is 5.61. The molecule has 1 aromatic carbocycles.